The van der Waals surface area contributed by atoms with Crippen molar-refractivity contribution in [3.05, 3.63) is 83.4 Å². The van der Waals surface area contributed by atoms with Gasteiger partial charge >= 0.3 is 32.7 Å². The number of aryl methyl sites for hydroxylation is 1. The zero-order chi connectivity index (χ0) is 20.1. The molecule has 5 nitrogen and oxygen atoms in total. The summed E-state index contributed by atoms with van der Waals surface area (Å²) in [6.45, 7) is 2.08. The van der Waals surface area contributed by atoms with Crippen molar-refractivity contribution < 1.29 is 56.1 Å². The summed E-state index contributed by atoms with van der Waals surface area (Å²) in [5.41, 5.74) is 1.28. The normalized spacial score (nSPS) is 10.0. The Hall–Kier alpha value is -2.51. The summed E-state index contributed by atoms with van der Waals surface area (Å²) >= 11 is 0. The predicted octanol–water partition coefficient (Wildman–Crippen LogP) is 4.48. The second kappa shape index (κ2) is 10.3. The molecular formula is C21H17F2N2O3Y+2. The van der Waals surface area contributed by atoms with Crippen LogP contribution in [0.25, 0.3) is 0 Å². The summed E-state index contributed by atoms with van der Waals surface area (Å²) in [6.07, 6.45) is 0. The summed E-state index contributed by atoms with van der Waals surface area (Å²) in [6, 6.07) is 15.6. The molecule has 0 aromatic heterocycles. The molecule has 3 aromatic carbocycles. The van der Waals surface area contributed by atoms with Gasteiger partial charge in [0.15, 0.2) is 0 Å². The van der Waals surface area contributed by atoms with Gasteiger partial charge in [-0.15, -0.1) is 12.1 Å². The first-order chi connectivity index (χ1) is 13.4. The zero-order valence-corrected chi connectivity index (χ0v) is 18.3. The van der Waals surface area contributed by atoms with Crippen molar-refractivity contribution in [2.75, 3.05) is 17.4 Å². The van der Waals surface area contributed by atoms with Crippen molar-refractivity contribution in [1.29, 1.82) is 0 Å². The quantitative estimate of drug-likeness (QED) is 0.281. The summed E-state index contributed by atoms with van der Waals surface area (Å²) < 4.78 is 32.1. The Morgan fingerprint density at radius 1 is 1.14 bits per heavy atom. The molecule has 0 saturated carbocycles. The second-order valence-corrected chi connectivity index (χ2v) is 6.00. The van der Waals surface area contributed by atoms with Crippen LogP contribution < -0.4 is 15.4 Å². The van der Waals surface area contributed by atoms with Crippen LogP contribution in [0.3, 0.4) is 0 Å². The Morgan fingerprint density at radius 2 is 1.86 bits per heavy atom. The number of aromatic hydroxyl groups is 1. The van der Waals surface area contributed by atoms with Crippen LogP contribution in [-0.2, 0) is 32.7 Å². The van der Waals surface area contributed by atoms with Crippen molar-refractivity contribution in [1.82, 2.24) is 0 Å². The minimum Gasteiger partial charge on any atom is -0.531 e. The van der Waals surface area contributed by atoms with Crippen LogP contribution in [0.1, 0.15) is 15.9 Å². The largest absolute Gasteiger partial charge is 3.00 e. The molecule has 0 atom stereocenters. The van der Waals surface area contributed by atoms with Gasteiger partial charge < -0.3 is 20.5 Å². The van der Waals surface area contributed by atoms with Gasteiger partial charge in [0.05, 0.1) is 5.56 Å². The maximum Gasteiger partial charge on any atom is 3.00 e. The molecule has 1 amide bonds. The molecule has 0 spiro atoms. The molecule has 0 saturated heterocycles. The topological polar surface area (TPSA) is 70.6 Å². The number of carbonyl (C=O) groups is 1. The van der Waals surface area contributed by atoms with Gasteiger partial charge in [-0.05, 0) is 36.9 Å². The number of benzene rings is 3. The van der Waals surface area contributed by atoms with E-state index >= 15 is 0 Å². The van der Waals surface area contributed by atoms with E-state index in [1.165, 1.54) is 12.1 Å². The van der Waals surface area contributed by atoms with E-state index in [9.17, 15) is 18.7 Å². The number of hydrogen-bond donors (Lipinski definition) is 3. The Balaban J connectivity index is 0.00000300. The van der Waals surface area contributed by atoms with Gasteiger partial charge in [0.25, 0.3) is 5.91 Å². The molecule has 3 rings (SSSR count). The monoisotopic (exact) mass is 472 g/mol. The Morgan fingerprint density at radius 3 is 2.52 bits per heavy atom. The number of rotatable bonds is 6. The SMILES string of the molecule is Cc1ccc(OCNc2c[c-]c(NC(=O)c3ccc(F)cc3F)cc2O)cc1.[Y+3]. The molecule has 29 heavy (non-hydrogen) atoms. The van der Waals surface area contributed by atoms with Gasteiger partial charge in [0, 0.05) is 11.8 Å². The molecule has 0 aliphatic heterocycles. The van der Waals surface area contributed by atoms with Gasteiger partial charge in [-0.25, -0.2) is 8.78 Å². The van der Waals surface area contributed by atoms with E-state index in [1.807, 2.05) is 31.2 Å². The number of carbonyl (C=O) groups excluding carboxylic acids is 1. The molecule has 0 unspecified atom stereocenters. The van der Waals surface area contributed by atoms with Crippen molar-refractivity contribution >= 4 is 17.3 Å². The fourth-order valence-corrected chi connectivity index (χ4v) is 2.39. The smallest absolute Gasteiger partial charge is 0.531 e. The number of ether oxygens (including phenoxy) is 1. The number of halogens is 2. The molecule has 0 heterocycles. The van der Waals surface area contributed by atoms with E-state index in [0.29, 0.717) is 17.5 Å². The summed E-state index contributed by atoms with van der Waals surface area (Å²) in [4.78, 5) is 12.1. The average molecular weight is 472 g/mol. The third kappa shape index (κ3) is 6.24. The standard InChI is InChI=1S/C21H17F2N2O3.Y/c1-13-2-6-16(7-3-13)28-12-24-19-9-5-15(11-20(19)26)25-21(27)17-8-4-14(22)10-18(17)23;/h2-4,6-11,24,26H,12H2,1H3,(H,25,27);/q-1;+3. The van der Waals surface area contributed by atoms with Gasteiger partial charge in [-0.3, -0.25) is 4.79 Å². The number of anilines is 2. The summed E-state index contributed by atoms with van der Waals surface area (Å²) in [5.74, 6) is -2.01. The molecule has 144 valence electrons. The molecule has 0 aliphatic rings. The van der Waals surface area contributed by atoms with Crippen LogP contribution in [-0.4, -0.2) is 17.7 Å². The van der Waals surface area contributed by atoms with E-state index in [-0.39, 0.29) is 56.4 Å². The van der Waals surface area contributed by atoms with Crippen molar-refractivity contribution in [3.63, 3.8) is 0 Å². The van der Waals surface area contributed by atoms with Gasteiger partial charge in [-0.1, -0.05) is 23.4 Å². The predicted molar refractivity (Wildman–Crippen MR) is 102 cm³/mol. The molecule has 3 aromatic rings. The molecule has 0 bridgehead atoms. The fraction of sp³-hybridized carbons (Fsp3) is 0.0952. The van der Waals surface area contributed by atoms with Crippen LogP contribution in [0, 0.1) is 24.6 Å². The van der Waals surface area contributed by atoms with Crippen molar-refractivity contribution in [3.8, 4) is 11.5 Å². The average Bonchev–Trinajstić information content (AvgIpc) is 2.65. The van der Waals surface area contributed by atoms with Crippen molar-refractivity contribution in [2.24, 2.45) is 0 Å². The van der Waals surface area contributed by atoms with Crippen LogP contribution in [0.15, 0.2) is 54.6 Å². The first-order valence-electron chi connectivity index (χ1n) is 8.37. The Labute approximate surface area is 192 Å². The first kappa shape index (κ1) is 22.8. The second-order valence-electron chi connectivity index (χ2n) is 6.00. The number of nitrogens with one attached hydrogen (secondary N) is 2. The van der Waals surface area contributed by atoms with E-state index in [1.54, 1.807) is 0 Å². The van der Waals surface area contributed by atoms with E-state index in [4.69, 9.17) is 4.74 Å². The van der Waals surface area contributed by atoms with E-state index < -0.39 is 17.5 Å². The molecule has 3 N–H and O–H groups in total. The van der Waals surface area contributed by atoms with Gasteiger partial charge in [0.1, 0.15) is 24.1 Å². The third-order valence-electron chi connectivity index (χ3n) is 3.88. The maximum absolute atomic E-state index is 13.7. The summed E-state index contributed by atoms with van der Waals surface area (Å²) in [7, 11) is 0. The number of amides is 1. The molecule has 0 radical (unpaired) electrons. The van der Waals surface area contributed by atoms with Crippen LogP contribution in [0.5, 0.6) is 11.5 Å². The van der Waals surface area contributed by atoms with Gasteiger partial charge in [0.2, 0.25) is 0 Å². The maximum atomic E-state index is 13.7. The summed E-state index contributed by atoms with van der Waals surface area (Å²) in [5, 5.41) is 15.4. The number of phenols is 1. The van der Waals surface area contributed by atoms with Gasteiger partial charge in [-0.2, -0.15) is 6.07 Å². The number of hydrogen-bond acceptors (Lipinski definition) is 4. The molecule has 0 aliphatic carbocycles. The Bertz CT molecular complexity index is 998. The van der Waals surface area contributed by atoms with Crippen LogP contribution in [0.4, 0.5) is 20.2 Å². The minimum absolute atomic E-state index is 0. The van der Waals surface area contributed by atoms with Crippen LogP contribution in [0.2, 0.25) is 0 Å². The fourth-order valence-electron chi connectivity index (χ4n) is 2.39. The minimum atomic E-state index is -0.978. The van der Waals surface area contributed by atoms with Crippen molar-refractivity contribution in [2.45, 2.75) is 6.92 Å². The van der Waals surface area contributed by atoms with Crippen LogP contribution >= 0.6 is 0 Å². The van der Waals surface area contributed by atoms with E-state index in [2.05, 4.69) is 16.7 Å². The Kier molecular flexibility index (Phi) is 8.11. The zero-order valence-electron chi connectivity index (χ0n) is 15.5. The molecule has 8 heteroatoms. The van der Waals surface area contributed by atoms with E-state index in [0.717, 1.165) is 17.7 Å². The molecular weight excluding hydrogens is 455 g/mol. The molecule has 0 fully saturated rings. The number of phenolic OH excluding ortho intramolecular Hbond substituents is 1. The third-order valence-corrected chi connectivity index (χ3v) is 3.88. The first-order valence-corrected chi connectivity index (χ1v) is 8.37.